The Balaban J connectivity index is 1.89. The third kappa shape index (κ3) is 2.96. The summed E-state index contributed by atoms with van der Waals surface area (Å²) in [5, 5.41) is 14.5. The number of carboxylic acids is 1. The molecule has 3 aromatic rings. The van der Waals surface area contributed by atoms with Gasteiger partial charge in [-0.25, -0.2) is 4.79 Å². The number of nitrogens with zero attached hydrogens (tertiary/aromatic N) is 1. The monoisotopic (exact) mass is 328 g/mol. The molecule has 0 saturated carbocycles. The van der Waals surface area contributed by atoms with Gasteiger partial charge >= 0.3 is 5.97 Å². The van der Waals surface area contributed by atoms with E-state index in [9.17, 15) is 9.90 Å². The first-order valence-corrected chi connectivity index (χ1v) is 7.71. The number of halogens is 1. The molecule has 0 atom stereocenters. The number of aromatic nitrogens is 1. The van der Waals surface area contributed by atoms with Gasteiger partial charge in [0, 0.05) is 41.6 Å². The molecule has 2 N–H and O–H groups in total. The maximum Gasteiger partial charge on any atom is 0.352 e. The molecule has 1 heterocycles. The third-order valence-corrected chi connectivity index (χ3v) is 4.36. The number of rotatable bonds is 5. The molecule has 0 fully saturated rings. The topological polar surface area (TPSA) is 54.3 Å². The molecule has 5 heteroatoms. The lowest BCUT2D eigenvalue weighted by atomic mass is 10.1. The Bertz CT molecular complexity index is 871. The lowest BCUT2D eigenvalue weighted by Gasteiger charge is -2.07. The summed E-state index contributed by atoms with van der Waals surface area (Å²) in [6, 6.07) is 15.3. The molecule has 23 heavy (non-hydrogen) atoms. The van der Waals surface area contributed by atoms with Crippen molar-refractivity contribution in [3.05, 3.63) is 70.4 Å². The number of hydrogen-bond acceptors (Lipinski definition) is 2. The summed E-state index contributed by atoms with van der Waals surface area (Å²) < 4.78 is 1.73. The molecule has 0 bridgehead atoms. The molecule has 4 nitrogen and oxygen atoms in total. The van der Waals surface area contributed by atoms with Crippen LogP contribution in [0.2, 0.25) is 5.02 Å². The van der Waals surface area contributed by atoms with Crippen LogP contribution in [-0.4, -0.2) is 15.6 Å². The van der Waals surface area contributed by atoms with Crippen molar-refractivity contribution in [3.63, 3.8) is 0 Å². The zero-order chi connectivity index (χ0) is 16.4. The number of carboxylic acid groups (broad SMARTS) is 1. The Labute approximate surface area is 139 Å². The second-order valence-corrected chi connectivity index (χ2v) is 5.81. The lowest BCUT2D eigenvalue weighted by molar-refractivity contribution is 0.0685. The zero-order valence-electron chi connectivity index (χ0n) is 12.7. The second kappa shape index (κ2) is 6.44. The van der Waals surface area contributed by atoms with Crippen LogP contribution in [0.5, 0.6) is 0 Å². The number of nitrogens with one attached hydrogen (secondary N) is 1. The van der Waals surface area contributed by atoms with Gasteiger partial charge in [0.1, 0.15) is 5.69 Å². The van der Waals surface area contributed by atoms with Crippen molar-refractivity contribution < 1.29 is 9.90 Å². The molecule has 0 radical (unpaired) electrons. The highest BCUT2D eigenvalue weighted by Crippen LogP contribution is 2.25. The van der Waals surface area contributed by atoms with E-state index in [1.54, 1.807) is 11.6 Å². The van der Waals surface area contributed by atoms with E-state index in [1.807, 2.05) is 48.5 Å². The van der Waals surface area contributed by atoms with Crippen molar-refractivity contribution in [3.8, 4) is 0 Å². The van der Waals surface area contributed by atoms with Crippen LogP contribution in [0.1, 0.15) is 21.6 Å². The summed E-state index contributed by atoms with van der Waals surface area (Å²) in [5.74, 6) is -0.918. The fraction of sp³-hybridized carbons (Fsp3) is 0.167. The van der Waals surface area contributed by atoms with Crippen LogP contribution >= 0.6 is 11.6 Å². The van der Waals surface area contributed by atoms with Crippen molar-refractivity contribution in [2.24, 2.45) is 7.05 Å². The quantitative estimate of drug-likeness (QED) is 0.748. The van der Waals surface area contributed by atoms with Gasteiger partial charge in [0.2, 0.25) is 0 Å². The van der Waals surface area contributed by atoms with Crippen molar-refractivity contribution in [2.45, 2.75) is 13.1 Å². The molecule has 1 aromatic heterocycles. The third-order valence-electron chi connectivity index (χ3n) is 3.99. The van der Waals surface area contributed by atoms with E-state index in [0.717, 1.165) is 22.0 Å². The van der Waals surface area contributed by atoms with E-state index in [1.165, 1.54) is 0 Å². The molecular formula is C18H17ClN2O2. The molecule has 0 unspecified atom stereocenters. The van der Waals surface area contributed by atoms with Crippen LogP contribution in [0, 0.1) is 0 Å². The van der Waals surface area contributed by atoms with Crippen molar-refractivity contribution in [2.75, 3.05) is 0 Å². The molecule has 0 aliphatic rings. The van der Waals surface area contributed by atoms with E-state index in [0.29, 0.717) is 23.8 Å². The first kappa shape index (κ1) is 15.6. The van der Waals surface area contributed by atoms with Crippen molar-refractivity contribution in [1.82, 2.24) is 9.88 Å². The average Bonchev–Trinajstić information content (AvgIpc) is 2.82. The van der Waals surface area contributed by atoms with E-state index in [4.69, 9.17) is 11.6 Å². The predicted molar refractivity (Wildman–Crippen MR) is 91.9 cm³/mol. The van der Waals surface area contributed by atoms with Gasteiger partial charge in [0.25, 0.3) is 0 Å². The van der Waals surface area contributed by atoms with Crippen LogP contribution in [0.25, 0.3) is 10.9 Å². The predicted octanol–water partition coefficient (Wildman–Crippen LogP) is 3.82. The summed E-state index contributed by atoms with van der Waals surface area (Å²) in [6.45, 7) is 1.05. The molecule has 0 amide bonds. The Kier molecular flexibility index (Phi) is 4.37. The van der Waals surface area contributed by atoms with Crippen molar-refractivity contribution >= 4 is 28.5 Å². The Morgan fingerprint density at radius 2 is 1.83 bits per heavy atom. The van der Waals surface area contributed by atoms with E-state index >= 15 is 0 Å². The standard InChI is InChI=1S/C18H17ClN2O2/c1-21-16-9-5-3-7-13(16)14(17(21)18(22)23)11-20-10-12-6-2-4-8-15(12)19/h2-9,20H,10-11H2,1H3,(H,22,23). The van der Waals surface area contributed by atoms with E-state index < -0.39 is 5.97 Å². The van der Waals surface area contributed by atoms with Gasteiger partial charge in [-0.3, -0.25) is 0 Å². The molecule has 118 valence electrons. The second-order valence-electron chi connectivity index (χ2n) is 5.40. The summed E-state index contributed by atoms with van der Waals surface area (Å²) in [4.78, 5) is 11.6. The van der Waals surface area contributed by atoms with Gasteiger partial charge in [-0.2, -0.15) is 0 Å². The van der Waals surface area contributed by atoms with Crippen LogP contribution in [0.3, 0.4) is 0 Å². The summed E-state index contributed by atoms with van der Waals surface area (Å²) >= 11 is 6.15. The van der Waals surface area contributed by atoms with Gasteiger partial charge in [-0.05, 0) is 17.7 Å². The minimum absolute atomic E-state index is 0.317. The van der Waals surface area contributed by atoms with Crippen LogP contribution in [0.4, 0.5) is 0 Å². The number of fused-ring (bicyclic) bond motifs is 1. The van der Waals surface area contributed by atoms with Gasteiger partial charge in [-0.15, -0.1) is 0 Å². The number of aromatic carboxylic acids is 1. The molecule has 0 aliphatic carbocycles. The maximum absolute atomic E-state index is 11.6. The molecule has 0 saturated heterocycles. The molecule has 3 rings (SSSR count). The molecule has 0 aliphatic heterocycles. The fourth-order valence-corrected chi connectivity index (χ4v) is 3.09. The first-order chi connectivity index (χ1) is 11.1. The van der Waals surface area contributed by atoms with Gasteiger partial charge < -0.3 is 15.0 Å². The molecule has 2 aromatic carbocycles. The van der Waals surface area contributed by atoms with Gasteiger partial charge in [0.05, 0.1) is 0 Å². The maximum atomic E-state index is 11.6. The highest BCUT2D eigenvalue weighted by Gasteiger charge is 2.19. The normalized spacial score (nSPS) is 11.0. The highest BCUT2D eigenvalue weighted by atomic mass is 35.5. The van der Waals surface area contributed by atoms with Crippen LogP contribution in [-0.2, 0) is 20.1 Å². The minimum atomic E-state index is -0.918. The molecule has 0 spiro atoms. The molecular weight excluding hydrogens is 312 g/mol. The Morgan fingerprint density at radius 1 is 1.13 bits per heavy atom. The lowest BCUT2D eigenvalue weighted by Crippen LogP contribution is -2.16. The highest BCUT2D eigenvalue weighted by molar-refractivity contribution is 6.31. The fourth-order valence-electron chi connectivity index (χ4n) is 2.89. The number of benzene rings is 2. The smallest absolute Gasteiger partial charge is 0.352 e. The van der Waals surface area contributed by atoms with Gasteiger partial charge in [0.15, 0.2) is 0 Å². The van der Waals surface area contributed by atoms with Crippen molar-refractivity contribution in [1.29, 1.82) is 0 Å². The number of hydrogen-bond donors (Lipinski definition) is 2. The SMILES string of the molecule is Cn1c(C(=O)O)c(CNCc2ccccc2Cl)c2ccccc21. The Morgan fingerprint density at radius 3 is 2.57 bits per heavy atom. The number of para-hydroxylation sites is 1. The average molecular weight is 329 g/mol. The number of carbonyl (C=O) groups is 1. The largest absolute Gasteiger partial charge is 0.477 e. The number of aryl methyl sites for hydroxylation is 1. The van der Waals surface area contributed by atoms with Crippen LogP contribution in [0.15, 0.2) is 48.5 Å². The van der Waals surface area contributed by atoms with Gasteiger partial charge in [-0.1, -0.05) is 48.0 Å². The minimum Gasteiger partial charge on any atom is -0.477 e. The van der Waals surface area contributed by atoms with E-state index in [2.05, 4.69) is 5.32 Å². The Hall–Kier alpha value is -2.30. The summed E-state index contributed by atoms with van der Waals surface area (Å²) in [7, 11) is 1.78. The zero-order valence-corrected chi connectivity index (χ0v) is 13.5. The summed E-state index contributed by atoms with van der Waals surface area (Å²) in [6.07, 6.45) is 0. The first-order valence-electron chi connectivity index (χ1n) is 7.33. The summed E-state index contributed by atoms with van der Waals surface area (Å²) in [5.41, 5.74) is 3.02. The van der Waals surface area contributed by atoms with E-state index in [-0.39, 0.29) is 0 Å². The van der Waals surface area contributed by atoms with Crippen LogP contribution < -0.4 is 5.32 Å².